The zero-order valence-corrected chi connectivity index (χ0v) is 13.3. The lowest BCUT2D eigenvalue weighted by Crippen LogP contribution is -2.35. The topological polar surface area (TPSA) is 24.5 Å². The second-order valence-corrected chi connectivity index (χ2v) is 6.11. The van der Waals surface area contributed by atoms with Gasteiger partial charge in [-0.1, -0.05) is 24.3 Å². The van der Waals surface area contributed by atoms with Gasteiger partial charge in [-0.3, -0.25) is 4.90 Å². The number of para-hydroxylation sites is 1. The molecule has 1 rings (SSSR count). The highest BCUT2D eigenvalue weighted by molar-refractivity contribution is 5.33. The molecule has 0 bridgehead atoms. The number of rotatable bonds is 8. The molecular weight excluding hydrogens is 248 g/mol. The minimum atomic E-state index is 0.108. The zero-order chi connectivity index (χ0) is 15.0. The predicted octanol–water partition coefficient (Wildman–Crippen LogP) is 3.07. The summed E-state index contributed by atoms with van der Waals surface area (Å²) >= 11 is 0. The van der Waals surface area contributed by atoms with E-state index in [1.165, 1.54) is 5.56 Å². The fourth-order valence-corrected chi connectivity index (χ4v) is 1.77. The molecule has 0 aliphatic heterocycles. The first-order valence-corrected chi connectivity index (χ1v) is 7.17. The Labute approximate surface area is 123 Å². The fourth-order valence-electron chi connectivity index (χ4n) is 1.77. The lowest BCUT2D eigenvalue weighted by Gasteiger charge is -2.22. The Morgan fingerprint density at radius 1 is 1.30 bits per heavy atom. The molecule has 0 radical (unpaired) electrons. The summed E-state index contributed by atoms with van der Waals surface area (Å²) in [5.41, 5.74) is 1.31. The van der Waals surface area contributed by atoms with E-state index in [2.05, 4.69) is 56.7 Å². The molecule has 0 saturated heterocycles. The molecule has 1 aromatic carbocycles. The van der Waals surface area contributed by atoms with Crippen molar-refractivity contribution < 1.29 is 4.74 Å². The van der Waals surface area contributed by atoms with Gasteiger partial charge in [0.1, 0.15) is 12.4 Å². The molecule has 0 fully saturated rings. The summed E-state index contributed by atoms with van der Waals surface area (Å²) in [4.78, 5) is 2.18. The molecule has 1 aromatic rings. The van der Waals surface area contributed by atoms with E-state index in [1.807, 2.05) is 18.2 Å². The van der Waals surface area contributed by atoms with Crippen molar-refractivity contribution in [3.8, 4) is 5.75 Å². The molecule has 0 saturated carbocycles. The van der Waals surface area contributed by atoms with Crippen LogP contribution in [0.15, 0.2) is 36.9 Å². The van der Waals surface area contributed by atoms with Crippen molar-refractivity contribution >= 4 is 0 Å². The van der Waals surface area contributed by atoms with E-state index in [4.69, 9.17) is 4.74 Å². The maximum absolute atomic E-state index is 5.90. The molecule has 1 N–H and O–H groups in total. The normalized spacial score (nSPS) is 11.7. The van der Waals surface area contributed by atoms with E-state index in [0.29, 0.717) is 6.61 Å². The van der Waals surface area contributed by atoms with Gasteiger partial charge in [0.05, 0.1) is 0 Å². The lowest BCUT2D eigenvalue weighted by atomic mass is 10.1. The van der Waals surface area contributed by atoms with E-state index in [0.717, 1.165) is 25.4 Å². The van der Waals surface area contributed by atoms with Crippen molar-refractivity contribution in [1.29, 1.82) is 0 Å². The third-order valence-corrected chi connectivity index (χ3v) is 2.95. The molecule has 0 unspecified atom stereocenters. The van der Waals surface area contributed by atoms with E-state index < -0.39 is 0 Å². The fraction of sp³-hybridized carbons (Fsp3) is 0.529. The van der Waals surface area contributed by atoms with Crippen LogP contribution in [0.4, 0.5) is 0 Å². The first-order chi connectivity index (χ1) is 9.42. The van der Waals surface area contributed by atoms with Crippen LogP contribution in [0.3, 0.4) is 0 Å². The maximum Gasteiger partial charge on any atom is 0.123 e. The highest BCUT2D eigenvalue weighted by Crippen LogP contribution is 2.18. The van der Waals surface area contributed by atoms with Gasteiger partial charge in [0, 0.05) is 30.7 Å². The number of ether oxygens (including phenoxy) is 1. The Balaban J connectivity index is 2.50. The average Bonchev–Trinajstić information content (AvgIpc) is 2.37. The van der Waals surface area contributed by atoms with Crippen LogP contribution >= 0.6 is 0 Å². The molecule has 3 heteroatoms. The first-order valence-electron chi connectivity index (χ1n) is 7.17. The minimum Gasteiger partial charge on any atom is -0.492 e. The van der Waals surface area contributed by atoms with Gasteiger partial charge in [-0.25, -0.2) is 0 Å². The summed E-state index contributed by atoms with van der Waals surface area (Å²) < 4.78 is 5.90. The van der Waals surface area contributed by atoms with Crippen molar-refractivity contribution in [2.75, 3.05) is 26.7 Å². The van der Waals surface area contributed by atoms with Crippen molar-refractivity contribution in [1.82, 2.24) is 10.2 Å². The minimum absolute atomic E-state index is 0.108. The monoisotopic (exact) mass is 276 g/mol. The summed E-state index contributed by atoms with van der Waals surface area (Å²) in [6.45, 7) is 13.5. The quantitative estimate of drug-likeness (QED) is 0.739. The standard InChI is InChI=1S/C17H28N2O/c1-6-11-19(5)12-13-20-16-10-8-7-9-15(16)14-18-17(2,3)4/h6-10,18H,1,11-14H2,2-5H3. The molecule has 0 aromatic heterocycles. The van der Waals surface area contributed by atoms with Crippen molar-refractivity contribution in [3.05, 3.63) is 42.5 Å². The van der Waals surface area contributed by atoms with Crippen LogP contribution in [0.5, 0.6) is 5.75 Å². The number of nitrogens with one attached hydrogen (secondary N) is 1. The van der Waals surface area contributed by atoms with Crippen molar-refractivity contribution in [3.63, 3.8) is 0 Å². The Hall–Kier alpha value is -1.32. The van der Waals surface area contributed by atoms with Gasteiger partial charge in [-0.15, -0.1) is 6.58 Å². The summed E-state index contributed by atoms with van der Waals surface area (Å²) in [5, 5.41) is 3.49. The third-order valence-electron chi connectivity index (χ3n) is 2.95. The van der Waals surface area contributed by atoms with E-state index >= 15 is 0 Å². The summed E-state index contributed by atoms with van der Waals surface area (Å²) in [6, 6.07) is 8.22. The predicted molar refractivity (Wildman–Crippen MR) is 86.2 cm³/mol. The lowest BCUT2D eigenvalue weighted by molar-refractivity contribution is 0.247. The summed E-state index contributed by atoms with van der Waals surface area (Å²) in [6.07, 6.45) is 1.90. The number of nitrogens with zero attached hydrogens (tertiary/aromatic N) is 1. The Morgan fingerprint density at radius 2 is 2.00 bits per heavy atom. The van der Waals surface area contributed by atoms with E-state index in [1.54, 1.807) is 0 Å². The molecular formula is C17H28N2O. The van der Waals surface area contributed by atoms with Crippen LogP contribution in [0.2, 0.25) is 0 Å². The van der Waals surface area contributed by atoms with E-state index in [9.17, 15) is 0 Å². The van der Waals surface area contributed by atoms with Gasteiger partial charge in [0.25, 0.3) is 0 Å². The molecule has 0 aliphatic carbocycles. The molecule has 20 heavy (non-hydrogen) atoms. The van der Waals surface area contributed by atoms with Gasteiger partial charge >= 0.3 is 0 Å². The van der Waals surface area contributed by atoms with Gasteiger partial charge in [0.15, 0.2) is 0 Å². The molecule has 0 heterocycles. The van der Waals surface area contributed by atoms with Gasteiger partial charge in [0.2, 0.25) is 0 Å². The molecule has 3 nitrogen and oxygen atoms in total. The molecule has 0 aliphatic rings. The van der Waals surface area contributed by atoms with E-state index in [-0.39, 0.29) is 5.54 Å². The number of hydrogen-bond acceptors (Lipinski definition) is 3. The number of likely N-dealkylation sites (N-methyl/N-ethyl adjacent to an activating group) is 1. The summed E-state index contributed by atoms with van der Waals surface area (Å²) in [7, 11) is 2.07. The molecule has 0 amide bonds. The van der Waals surface area contributed by atoms with Crippen LogP contribution in [0, 0.1) is 0 Å². The largest absolute Gasteiger partial charge is 0.492 e. The highest BCUT2D eigenvalue weighted by Gasteiger charge is 2.10. The van der Waals surface area contributed by atoms with Gasteiger partial charge in [-0.2, -0.15) is 0 Å². The zero-order valence-electron chi connectivity index (χ0n) is 13.3. The molecule has 0 atom stereocenters. The van der Waals surface area contributed by atoms with Crippen LogP contribution in [0.1, 0.15) is 26.3 Å². The third kappa shape index (κ3) is 6.73. The van der Waals surface area contributed by atoms with Gasteiger partial charge < -0.3 is 10.1 Å². The number of hydrogen-bond donors (Lipinski definition) is 1. The van der Waals surface area contributed by atoms with Gasteiger partial charge in [-0.05, 0) is 33.9 Å². The maximum atomic E-state index is 5.90. The van der Waals surface area contributed by atoms with Crippen molar-refractivity contribution in [2.45, 2.75) is 32.9 Å². The second-order valence-electron chi connectivity index (χ2n) is 6.11. The smallest absolute Gasteiger partial charge is 0.123 e. The average molecular weight is 276 g/mol. The Bertz CT molecular complexity index is 410. The highest BCUT2D eigenvalue weighted by atomic mass is 16.5. The number of benzene rings is 1. The first kappa shape index (κ1) is 16.7. The summed E-state index contributed by atoms with van der Waals surface area (Å²) in [5.74, 6) is 0.969. The van der Waals surface area contributed by atoms with Crippen LogP contribution in [0.25, 0.3) is 0 Å². The SMILES string of the molecule is C=CCN(C)CCOc1ccccc1CNC(C)(C)C. The van der Waals surface area contributed by atoms with Crippen LogP contribution in [-0.4, -0.2) is 37.2 Å². The Kier molecular flexibility index (Phi) is 6.76. The molecule has 112 valence electrons. The van der Waals surface area contributed by atoms with Crippen LogP contribution < -0.4 is 10.1 Å². The second kappa shape index (κ2) is 8.08. The molecule has 0 spiro atoms. The van der Waals surface area contributed by atoms with Crippen LogP contribution in [-0.2, 0) is 6.54 Å². The van der Waals surface area contributed by atoms with Crippen molar-refractivity contribution in [2.24, 2.45) is 0 Å². The Morgan fingerprint density at radius 3 is 2.65 bits per heavy atom.